The summed E-state index contributed by atoms with van der Waals surface area (Å²) in [5.41, 5.74) is 6.53. The number of hydrogen-bond donors (Lipinski definition) is 2. The summed E-state index contributed by atoms with van der Waals surface area (Å²) in [4.78, 5) is 0. The van der Waals surface area contributed by atoms with Gasteiger partial charge in [-0.1, -0.05) is 42.8 Å². The van der Waals surface area contributed by atoms with Crippen LogP contribution in [-0.4, -0.2) is 49.4 Å². The fourth-order valence-electron chi connectivity index (χ4n) is 4.20. The van der Waals surface area contributed by atoms with Crippen molar-refractivity contribution in [2.75, 3.05) is 33.0 Å². The SMILES string of the molecule is C/C=C\C1=C(/C=C(\C)Cc2cc(C3CCOCC(CO)O3)ccc2CC)CCCO1.CCO. The van der Waals surface area contributed by atoms with Gasteiger partial charge >= 0.3 is 0 Å². The highest BCUT2D eigenvalue weighted by atomic mass is 16.6. The quantitative estimate of drug-likeness (QED) is 0.587. The van der Waals surface area contributed by atoms with Gasteiger partial charge in [-0.2, -0.15) is 0 Å². The van der Waals surface area contributed by atoms with Gasteiger partial charge in [0.15, 0.2) is 0 Å². The zero-order valence-corrected chi connectivity index (χ0v) is 20.8. The summed E-state index contributed by atoms with van der Waals surface area (Å²) in [6.07, 6.45) is 11.0. The molecule has 5 nitrogen and oxygen atoms in total. The lowest BCUT2D eigenvalue weighted by Gasteiger charge is -2.21. The zero-order chi connectivity index (χ0) is 24.1. The number of allylic oxidation sites excluding steroid dienone is 5. The molecule has 0 aromatic heterocycles. The van der Waals surface area contributed by atoms with E-state index in [4.69, 9.17) is 19.3 Å². The summed E-state index contributed by atoms with van der Waals surface area (Å²) in [7, 11) is 0. The minimum absolute atomic E-state index is 0.00995. The van der Waals surface area contributed by atoms with Crippen molar-refractivity contribution in [3.63, 3.8) is 0 Å². The number of rotatable bonds is 7. The van der Waals surface area contributed by atoms with E-state index in [0.717, 1.165) is 44.5 Å². The third kappa shape index (κ3) is 8.74. The van der Waals surface area contributed by atoms with E-state index in [1.165, 1.54) is 27.8 Å². The number of aliphatic hydroxyl groups is 2. The van der Waals surface area contributed by atoms with E-state index >= 15 is 0 Å². The molecule has 0 aliphatic carbocycles. The van der Waals surface area contributed by atoms with Gasteiger partial charge in [-0.25, -0.2) is 0 Å². The zero-order valence-electron chi connectivity index (χ0n) is 20.8. The van der Waals surface area contributed by atoms with Crippen LogP contribution in [0.4, 0.5) is 0 Å². The van der Waals surface area contributed by atoms with Gasteiger partial charge < -0.3 is 24.4 Å². The maximum atomic E-state index is 9.52. The Morgan fingerprint density at radius 1 is 1.15 bits per heavy atom. The average molecular weight is 459 g/mol. The van der Waals surface area contributed by atoms with Crippen LogP contribution in [0, 0.1) is 0 Å². The summed E-state index contributed by atoms with van der Waals surface area (Å²) in [6, 6.07) is 6.70. The predicted molar refractivity (Wildman–Crippen MR) is 133 cm³/mol. The second-order valence-corrected chi connectivity index (χ2v) is 8.50. The Hall–Kier alpha value is -1.92. The highest BCUT2D eigenvalue weighted by Gasteiger charge is 2.22. The highest BCUT2D eigenvalue weighted by molar-refractivity contribution is 5.39. The van der Waals surface area contributed by atoms with E-state index in [1.807, 2.05) is 13.0 Å². The first-order valence-electron chi connectivity index (χ1n) is 12.3. The molecule has 0 saturated carbocycles. The van der Waals surface area contributed by atoms with Gasteiger partial charge in [0.1, 0.15) is 11.9 Å². The fourth-order valence-corrected chi connectivity index (χ4v) is 4.20. The molecule has 5 heteroatoms. The molecule has 2 atom stereocenters. The highest BCUT2D eigenvalue weighted by Crippen LogP contribution is 2.29. The molecule has 2 unspecified atom stereocenters. The monoisotopic (exact) mass is 458 g/mol. The van der Waals surface area contributed by atoms with E-state index < -0.39 is 0 Å². The molecule has 1 aromatic carbocycles. The smallest absolute Gasteiger partial charge is 0.122 e. The van der Waals surface area contributed by atoms with Crippen LogP contribution in [-0.2, 0) is 27.1 Å². The lowest BCUT2D eigenvalue weighted by Crippen LogP contribution is -2.23. The summed E-state index contributed by atoms with van der Waals surface area (Å²) < 4.78 is 17.6. The van der Waals surface area contributed by atoms with E-state index in [1.54, 1.807) is 6.92 Å². The normalized spacial score (nSPS) is 21.9. The van der Waals surface area contributed by atoms with Crippen molar-refractivity contribution in [3.8, 4) is 0 Å². The molecule has 184 valence electrons. The van der Waals surface area contributed by atoms with Crippen molar-refractivity contribution in [3.05, 3.63) is 70.0 Å². The Labute approximate surface area is 199 Å². The number of aryl methyl sites for hydroxylation is 1. The molecule has 0 bridgehead atoms. The maximum Gasteiger partial charge on any atom is 0.122 e. The summed E-state index contributed by atoms with van der Waals surface area (Å²) in [6.45, 7) is 10.3. The van der Waals surface area contributed by atoms with E-state index in [2.05, 4.69) is 44.2 Å². The van der Waals surface area contributed by atoms with Gasteiger partial charge in [0, 0.05) is 19.6 Å². The van der Waals surface area contributed by atoms with Crippen LogP contribution in [0.5, 0.6) is 0 Å². The first kappa shape index (κ1) is 27.3. The van der Waals surface area contributed by atoms with E-state index in [0.29, 0.717) is 13.2 Å². The second kappa shape index (κ2) is 15.1. The Bertz CT molecular complexity index is 809. The summed E-state index contributed by atoms with van der Waals surface area (Å²) >= 11 is 0. The molecule has 1 fully saturated rings. The Morgan fingerprint density at radius 2 is 1.94 bits per heavy atom. The molecule has 3 rings (SSSR count). The number of benzene rings is 1. The molecule has 1 saturated heterocycles. The van der Waals surface area contributed by atoms with Gasteiger partial charge in [0.25, 0.3) is 0 Å². The number of ether oxygens (including phenoxy) is 3. The van der Waals surface area contributed by atoms with Crippen LogP contribution in [0.15, 0.2) is 53.3 Å². The van der Waals surface area contributed by atoms with Crippen LogP contribution >= 0.6 is 0 Å². The molecule has 0 spiro atoms. The molecule has 2 heterocycles. The standard InChI is InChI=1S/C26H36O4.C2H6O/c1-4-7-25-21(8-6-12-29-25)14-19(3)15-23-16-22(10-9-20(23)5-2)26-11-13-28-18-24(17-27)30-26;1-2-3/h4,7,9-10,14,16,24,26-27H,5-6,8,11-13,15,17-18H2,1-3H3;3H,2H2,1H3/b7-4-,19-14+;. The minimum atomic E-state index is -0.253. The van der Waals surface area contributed by atoms with Crippen LogP contribution in [0.2, 0.25) is 0 Å². The average Bonchev–Trinajstić information content (AvgIpc) is 3.07. The van der Waals surface area contributed by atoms with Crippen molar-refractivity contribution in [1.29, 1.82) is 0 Å². The lowest BCUT2D eigenvalue weighted by atomic mass is 9.93. The number of aliphatic hydroxyl groups excluding tert-OH is 2. The topological polar surface area (TPSA) is 68.2 Å². The van der Waals surface area contributed by atoms with Crippen molar-refractivity contribution in [2.45, 2.75) is 72.0 Å². The molecular formula is C28H42O5. The molecule has 2 aliphatic rings. The first-order valence-corrected chi connectivity index (χ1v) is 12.3. The molecule has 2 N–H and O–H groups in total. The number of hydrogen-bond acceptors (Lipinski definition) is 5. The van der Waals surface area contributed by atoms with E-state index in [-0.39, 0.29) is 25.4 Å². The largest absolute Gasteiger partial charge is 0.493 e. The predicted octanol–water partition coefficient (Wildman–Crippen LogP) is 5.22. The summed E-state index contributed by atoms with van der Waals surface area (Å²) in [5, 5.41) is 17.1. The summed E-state index contributed by atoms with van der Waals surface area (Å²) in [5.74, 6) is 1.01. The van der Waals surface area contributed by atoms with Crippen molar-refractivity contribution < 1.29 is 24.4 Å². The lowest BCUT2D eigenvalue weighted by molar-refractivity contribution is -0.0468. The maximum absolute atomic E-state index is 9.52. The molecule has 1 aromatic rings. The Morgan fingerprint density at radius 3 is 2.64 bits per heavy atom. The van der Waals surface area contributed by atoms with Gasteiger partial charge in [-0.15, -0.1) is 0 Å². The second-order valence-electron chi connectivity index (χ2n) is 8.50. The van der Waals surface area contributed by atoms with Crippen molar-refractivity contribution >= 4 is 0 Å². The fraction of sp³-hybridized carbons (Fsp3) is 0.571. The Kier molecular flexibility index (Phi) is 12.5. The van der Waals surface area contributed by atoms with E-state index in [9.17, 15) is 5.11 Å². The minimum Gasteiger partial charge on any atom is -0.493 e. The van der Waals surface area contributed by atoms with Gasteiger partial charge in [0.2, 0.25) is 0 Å². The van der Waals surface area contributed by atoms with Crippen LogP contribution in [0.3, 0.4) is 0 Å². The molecule has 0 radical (unpaired) electrons. The third-order valence-electron chi connectivity index (χ3n) is 5.74. The molecular weight excluding hydrogens is 416 g/mol. The van der Waals surface area contributed by atoms with Crippen molar-refractivity contribution in [2.24, 2.45) is 0 Å². The third-order valence-corrected chi connectivity index (χ3v) is 5.74. The van der Waals surface area contributed by atoms with Gasteiger partial charge in [-0.3, -0.25) is 0 Å². The van der Waals surface area contributed by atoms with Crippen LogP contribution < -0.4 is 0 Å². The molecule has 33 heavy (non-hydrogen) atoms. The van der Waals surface area contributed by atoms with Crippen LogP contribution in [0.25, 0.3) is 0 Å². The van der Waals surface area contributed by atoms with Crippen LogP contribution in [0.1, 0.15) is 69.8 Å². The molecule has 0 amide bonds. The van der Waals surface area contributed by atoms with Gasteiger partial charge in [0.05, 0.1) is 25.9 Å². The van der Waals surface area contributed by atoms with Crippen molar-refractivity contribution in [1.82, 2.24) is 0 Å². The molecule has 2 aliphatic heterocycles. The van der Waals surface area contributed by atoms with Gasteiger partial charge in [-0.05, 0) is 74.8 Å². The Balaban J connectivity index is 0.00000122. The first-order chi connectivity index (χ1) is 16.1.